The molecule has 31 heavy (non-hydrogen) atoms. The van der Waals surface area contributed by atoms with E-state index in [9.17, 15) is 9.59 Å². The molecule has 5 rings (SSSR count). The van der Waals surface area contributed by atoms with Crippen molar-refractivity contribution in [2.75, 3.05) is 5.32 Å². The van der Waals surface area contributed by atoms with E-state index in [2.05, 4.69) is 15.3 Å². The fourth-order valence-electron chi connectivity index (χ4n) is 4.45. The summed E-state index contributed by atoms with van der Waals surface area (Å²) in [7, 11) is 1.59. The van der Waals surface area contributed by atoms with Gasteiger partial charge in [-0.2, -0.15) is 4.98 Å². The standard InChI is InChI=1S/C23H24N6O2/c1-14-11-18-15(7-6-10-24-18)12-17(14)26-23-25-13-19-20(27-23)29(16-8-4-3-5-9-16)22(31)21(30)28(19)2/h6-7,10-13,16H,3-5,8-9H2,1-2H3,(H,25,26,27). The third kappa shape index (κ3) is 3.37. The number of nitrogens with one attached hydrogen (secondary N) is 1. The van der Waals surface area contributed by atoms with E-state index in [4.69, 9.17) is 4.98 Å². The minimum atomic E-state index is -0.541. The molecular formula is C23H24N6O2. The number of benzene rings is 1. The van der Waals surface area contributed by atoms with Crippen molar-refractivity contribution in [1.29, 1.82) is 0 Å². The molecule has 8 heteroatoms. The van der Waals surface area contributed by atoms with Crippen LogP contribution in [0.4, 0.5) is 11.6 Å². The Kier molecular flexibility index (Phi) is 4.77. The van der Waals surface area contributed by atoms with Gasteiger partial charge < -0.3 is 9.88 Å². The lowest BCUT2D eigenvalue weighted by Gasteiger charge is -2.25. The van der Waals surface area contributed by atoms with Gasteiger partial charge >= 0.3 is 11.1 Å². The fraction of sp³-hybridized carbons (Fsp3) is 0.348. The largest absolute Gasteiger partial charge is 0.324 e. The average molecular weight is 416 g/mol. The Morgan fingerprint density at radius 1 is 1.06 bits per heavy atom. The zero-order valence-electron chi connectivity index (χ0n) is 17.6. The van der Waals surface area contributed by atoms with Gasteiger partial charge in [-0.15, -0.1) is 0 Å². The Morgan fingerprint density at radius 3 is 2.68 bits per heavy atom. The summed E-state index contributed by atoms with van der Waals surface area (Å²) >= 11 is 0. The molecule has 0 saturated heterocycles. The number of aryl methyl sites for hydroxylation is 2. The van der Waals surface area contributed by atoms with Crippen LogP contribution in [-0.2, 0) is 7.05 Å². The second-order valence-electron chi connectivity index (χ2n) is 8.22. The molecule has 1 saturated carbocycles. The second kappa shape index (κ2) is 7.61. The molecule has 0 amide bonds. The first-order valence-electron chi connectivity index (χ1n) is 10.6. The van der Waals surface area contributed by atoms with Gasteiger partial charge in [0, 0.05) is 30.4 Å². The number of aromatic nitrogens is 5. The molecule has 1 aliphatic rings. The smallest absolute Gasteiger partial charge is 0.318 e. The van der Waals surface area contributed by atoms with Crippen LogP contribution in [0, 0.1) is 6.92 Å². The summed E-state index contributed by atoms with van der Waals surface area (Å²) in [6, 6.07) is 7.93. The van der Waals surface area contributed by atoms with Crippen molar-refractivity contribution in [3.8, 4) is 0 Å². The molecular weight excluding hydrogens is 392 g/mol. The molecule has 0 unspecified atom stereocenters. The number of rotatable bonds is 3. The van der Waals surface area contributed by atoms with Crippen molar-refractivity contribution in [2.45, 2.75) is 45.1 Å². The van der Waals surface area contributed by atoms with Gasteiger partial charge in [-0.3, -0.25) is 19.1 Å². The van der Waals surface area contributed by atoms with Crippen molar-refractivity contribution < 1.29 is 0 Å². The van der Waals surface area contributed by atoms with E-state index in [1.165, 1.54) is 4.57 Å². The average Bonchev–Trinajstić information content (AvgIpc) is 2.79. The summed E-state index contributed by atoms with van der Waals surface area (Å²) in [5.41, 5.74) is 2.80. The van der Waals surface area contributed by atoms with Gasteiger partial charge in [-0.25, -0.2) is 4.98 Å². The molecule has 4 aromatic rings. The number of pyridine rings is 1. The van der Waals surface area contributed by atoms with Crippen LogP contribution in [0.2, 0.25) is 0 Å². The summed E-state index contributed by atoms with van der Waals surface area (Å²) in [5, 5.41) is 4.30. The molecule has 0 bridgehead atoms. The maximum Gasteiger partial charge on any atom is 0.318 e. The van der Waals surface area contributed by atoms with Crippen LogP contribution in [-0.4, -0.2) is 24.1 Å². The van der Waals surface area contributed by atoms with Crippen molar-refractivity contribution >= 4 is 33.7 Å². The minimum absolute atomic E-state index is 0.00567. The third-order valence-corrected chi connectivity index (χ3v) is 6.18. The first-order valence-corrected chi connectivity index (χ1v) is 10.6. The zero-order chi connectivity index (χ0) is 21.5. The highest BCUT2D eigenvalue weighted by molar-refractivity contribution is 5.85. The molecule has 1 aromatic carbocycles. The van der Waals surface area contributed by atoms with E-state index in [0.29, 0.717) is 17.1 Å². The zero-order valence-corrected chi connectivity index (χ0v) is 17.6. The number of hydrogen-bond acceptors (Lipinski definition) is 6. The van der Waals surface area contributed by atoms with E-state index >= 15 is 0 Å². The van der Waals surface area contributed by atoms with Crippen LogP contribution < -0.4 is 16.4 Å². The molecule has 3 aromatic heterocycles. The summed E-state index contributed by atoms with van der Waals surface area (Å²) in [5.74, 6) is 0.390. The Hall–Kier alpha value is -3.55. The van der Waals surface area contributed by atoms with Gasteiger partial charge in [0.2, 0.25) is 5.95 Å². The molecule has 0 radical (unpaired) electrons. The lowest BCUT2D eigenvalue weighted by Crippen LogP contribution is -2.42. The van der Waals surface area contributed by atoms with Gasteiger partial charge in [-0.1, -0.05) is 25.3 Å². The Bertz CT molecular complexity index is 1420. The molecule has 3 heterocycles. The molecule has 0 spiro atoms. The lowest BCUT2D eigenvalue weighted by molar-refractivity contribution is 0.350. The second-order valence-corrected chi connectivity index (χ2v) is 8.22. The van der Waals surface area contributed by atoms with Gasteiger partial charge in [-0.05, 0) is 43.5 Å². The highest BCUT2D eigenvalue weighted by Crippen LogP contribution is 2.29. The Morgan fingerprint density at radius 2 is 1.87 bits per heavy atom. The minimum Gasteiger partial charge on any atom is -0.324 e. The van der Waals surface area contributed by atoms with Gasteiger partial charge in [0.25, 0.3) is 0 Å². The maximum atomic E-state index is 12.9. The molecule has 1 fully saturated rings. The molecule has 1 aliphatic carbocycles. The predicted octanol–water partition coefficient (Wildman–Crippen LogP) is 3.60. The normalized spacial score (nSPS) is 14.9. The summed E-state index contributed by atoms with van der Waals surface area (Å²) < 4.78 is 2.94. The van der Waals surface area contributed by atoms with Crippen molar-refractivity contribution in [3.05, 3.63) is 62.9 Å². The number of fused-ring (bicyclic) bond motifs is 2. The van der Waals surface area contributed by atoms with E-state index in [-0.39, 0.29) is 6.04 Å². The summed E-state index contributed by atoms with van der Waals surface area (Å²) in [6.07, 6.45) is 8.41. The van der Waals surface area contributed by atoms with Gasteiger partial charge in [0.1, 0.15) is 5.52 Å². The predicted molar refractivity (Wildman–Crippen MR) is 121 cm³/mol. The van der Waals surface area contributed by atoms with Gasteiger partial charge in [0.15, 0.2) is 5.65 Å². The highest BCUT2D eigenvalue weighted by atomic mass is 16.2. The molecule has 1 N–H and O–H groups in total. The fourth-order valence-corrected chi connectivity index (χ4v) is 4.45. The van der Waals surface area contributed by atoms with Crippen LogP contribution in [0.25, 0.3) is 22.1 Å². The van der Waals surface area contributed by atoms with E-state index in [0.717, 1.165) is 54.3 Å². The first-order chi connectivity index (χ1) is 15.0. The third-order valence-electron chi connectivity index (χ3n) is 6.18. The summed E-state index contributed by atoms with van der Waals surface area (Å²) in [4.78, 5) is 39.0. The van der Waals surface area contributed by atoms with Crippen LogP contribution >= 0.6 is 0 Å². The topological polar surface area (TPSA) is 94.7 Å². The number of nitrogens with zero attached hydrogens (tertiary/aromatic N) is 5. The quantitative estimate of drug-likeness (QED) is 0.513. The van der Waals surface area contributed by atoms with Crippen LogP contribution in [0.1, 0.15) is 43.7 Å². The first kappa shape index (κ1) is 19.4. The Labute approximate surface area is 178 Å². The monoisotopic (exact) mass is 416 g/mol. The van der Waals surface area contributed by atoms with Crippen molar-refractivity contribution in [2.24, 2.45) is 7.05 Å². The SMILES string of the molecule is Cc1cc2ncccc2cc1Nc1ncc2c(n1)n(C1CCCCC1)c(=O)c(=O)n2C. The molecule has 158 valence electrons. The Balaban J connectivity index is 1.64. The van der Waals surface area contributed by atoms with E-state index in [1.807, 2.05) is 31.2 Å². The number of anilines is 2. The van der Waals surface area contributed by atoms with Crippen molar-refractivity contribution in [3.63, 3.8) is 0 Å². The highest BCUT2D eigenvalue weighted by Gasteiger charge is 2.22. The molecule has 8 nitrogen and oxygen atoms in total. The molecule has 0 aliphatic heterocycles. The molecule has 0 atom stereocenters. The van der Waals surface area contributed by atoms with Gasteiger partial charge in [0.05, 0.1) is 11.7 Å². The van der Waals surface area contributed by atoms with E-state index < -0.39 is 11.1 Å². The van der Waals surface area contributed by atoms with Crippen molar-refractivity contribution in [1.82, 2.24) is 24.1 Å². The lowest BCUT2D eigenvalue weighted by atomic mass is 9.95. The van der Waals surface area contributed by atoms with Crippen LogP contribution in [0.15, 0.2) is 46.2 Å². The van der Waals surface area contributed by atoms with E-state index in [1.54, 1.807) is 24.0 Å². The summed E-state index contributed by atoms with van der Waals surface area (Å²) in [6.45, 7) is 2.00. The maximum absolute atomic E-state index is 12.9. The number of hydrogen-bond donors (Lipinski definition) is 1. The van der Waals surface area contributed by atoms with Crippen LogP contribution in [0.3, 0.4) is 0 Å². The van der Waals surface area contributed by atoms with Crippen LogP contribution in [0.5, 0.6) is 0 Å².